The van der Waals surface area contributed by atoms with Crippen molar-refractivity contribution < 1.29 is 27.9 Å². The molecule has 0 bridgehead atoms. The molecule has 142 valence electrons. The van der Waals surface area contributed by atoms with Crippen molar-refractivity contribution in [3.8, 4) is 0 Å². The molecule has 0 aliphatic carbocycles. The lowest BCUT2D eigenvalue weighted by atomic mass is 10.4. The minimum atomic E-state index is -2.19. The van der Waals surface area contributed by atoms with Gasteiger partial charge in [0.1, 0.15) is 0 Å². The Morgan fingerprint density at radius 1 is 0.833 bits per heavy atom. The summed E-state index contributed by atoms with van der Waals surface area (Å²) in [6, 6.07) is 0.802. The van der Waals surface area contributed by atoms with Crippen LogP contribution in [0.3, 0.4) is 0 Å². The molecule has 8 heteroatoms. The van der Waals surface area contributed by atoms with Crippen molar-refractivity contribution >= 4 is 20.5 Å². The fourth-order valence-corrected chi connectivity index (χ4v) is 4.81. The normalized spacial score (nSPS) is 11.6. The molecule has 0 atom stereocenters. The van der Waals surface area contributed by atoms with Crippen LogP contribution in [-0.2, 0) is 27.9 Å². The predicted octanol–water partition coefficient (Wildman–Crippen LogP) is 1.95. The van der Waals surface area contributed by atoms with Crippen molar-refractivity contribution in [2.75, 3.05) is 46.1 Å². The van der Waals surface area contributed by atoms with Gasteiger partial charge in [0.05, 0.1) is 26.3 Å². The van der Waals surface area contributed by atoms with Crippen molar-refractivity contribution in [3.05, 3.63) is 0 Å². The molecule has 0 saturated heterocycles. The Morgan fingerprint density at radius 3 is 1.67 bits per heavy atom. The van der Waals surface area contributed by atoms with Crippen LogP contribution in [0.25, 0.3) is 0 Å². The molecule has 0 aromatic rings. The van der Waals surface area contributed by atoms with Gasteiger partial charge in [-0.1, -0.05) is 0 Å². The van der Waals surface area contributed by atoms with Gasteiger partial charge in [-0.15, -0.1) is 0 Å². The lowest BCUT2D eigenvalue weighted by Crippen LogP contribution is -2.41. The first kappa shape index (κ1) is 23.0. The van der Waals surface area contributed by atoms with Gasteiger partial charge >= 0.3 is 20.5 Å². The van der Waals surface area contributed by atoms with Crippen molar-refractivity contribution in [2.24, 2.45) is 0 Å². The Morgan fingerprint density at radius 2 is 1.29 bits per heavy atom. The number of rotatable bonds is 14. The summed E-state index contributed by atoms with van der Waals surface area (Å²) in [5.41, 5.74) is 0. The molecule has 0 fully saturated rings. The van der Waals surface area contributed by atoms with Crippen molar-refractivity contribution in [1.82, 2.24) is 4.90 Å². The van der Waals surface area contributed by atoms with Crippen LogP contribution < -0.4 is 0 Å². The molecule has 0 aliphatic heterocycles. The zero-order valence-electron chi connectivity index (χ0n) is 15.8. The Kier molecular flexibility index (Phi) is 12.8. The van der Waals surface area contributed by atoms with E-state index >= 15 is 0 Å². The summed E-state index contributed by atoms with van der Waals surface area (Å²) >= 11 is 0. The van der Waals surface area contributed by atoms with Gasteiger partial charge in [0.2, 0.25) is 0 Å². The minimum Gasteiger partial charge on any atom is -0.465 e. The number of carbonyl (C=O) groups excluding carboxylic acids is 2. The van der Waals surface area contributed by atoms with E-state index in [9.17, 15) is 9.59 Å². The minimum absolute atomic E-state index is 0.0776. The molecule has 0 rings (SSSR count). The van der Waals surface area contributed by atoms with Crippen molar-refractivity contribution in [2.45, 2.75) is 46.7 Å². The highest BCUT2D eigenvalue weighted by Crippen LogP contribution is 2.16. The van der Waals surface area contributed by atoms with Gasteiger partial charge < -0.3 is 18.3 Å². The van der Waals surface area contributed by atoms with Crippen LogP contribution in [0.4, 0.5) is 0 Å². The van der Waals surface area contributed by atoms with E-state index in [-0.39, 0.29) is 25.0 Å². The van der Waals surface area contributed by atoms with Gasteiger partial charge in [-0.2, -0.15) is 0 Å². The Bertz CT molecular complexity index is 340. The second kappa shape index (κ2) is 13.3. The van der Waals surface area contributed by atoms with E-state index in [2.05, 4.69) is 0 Å². The van der Waals surface area contributed by atoms with Gasteiger partial charge in [0.25, 0.3) is 0 Å². The van der Waals surface area contributed by atoms with Crippen LogP contribution in [-0.4, -0.2) is 71.5 Å². The first-order chi connectivity index (χ1) is 11.4. The highest BCUT2D eigenvalue weighted by atomic mass is 28.4. The first-order valence-corrected chi connectivity index (χ1v) is 11.2. The monoisotopic (exact) mass is 363 g/mol. The van der Waals surface area contributed by atoms with E-state index in [1.807, 2.05) is 20.4 Å². The summed E-state index contributed by atoms with van der Waals surface area (Å²) in [4.78, 5) is 25.2. The summed E-state index contributed by atoms with van der Waals surface area (Å²) in [6.07, 6.45) is 0.779. The van der Waals surface area contributed by atoms with Crippen LogP contribution in [0.5, 0.6) is 0 Å². The molecule has 0 radical (unpaired) electrons. The average molecular weight is 364 g/mol. The molecule has 0 heterocycles. The fourth-order valence-electron chi connectivity index (χ4n) is 2.41. The van der Waals surface area contributed by atoms with Crippen LogP contribution >= 0.6 is 0 Å². The third kappa shape index (κ3) is 10.7. The summed E-state index contributed by atoms with van der Waals surface area (Å²) in [7, 11) is -2.19. The molecule has 24 heavy (non-hydrogen) atoms. The van der Waals surface area contributed by atoms with Gasteiger partial charge in [-0.05, 0) is 53.3 Å². The largest absolute Gasteiger partial charge is 0.465 e. The summed E-state index contributed by atoms with van der Waals surface area (Å²) < 4.78 is 21.5. The van der Waals surface area contributed by atoms with Gasteiger partial charge in [-0.3, -0.25) is 14.5 Å². The molecule has 0 saturated carbocycles. The van der Waals surface area contributed by atoms with E-state index < -0.39 is 8.56 Å². The van der Waals surface area contributed by atoms with Gasteiger partial charge in [-0.25, -0.2) is 0 Å². The number of hydrogen-bond donors (Lipinski definition) is 0. The maximum Gasteiger partial charge on any atom is 0.334 e. The summed E-state index contributed by atoms with van der Waals surface area (Å²) in [6.45, 7) is 12.1. The first-order valence-electron chi connectivity index (χ1n) is 8.72. The van der Waals surface area contributed by atoms with E-state index in [1.54, 1.807) is 18.7 Å². The van der Waals surface area contributed by atoms with Crippen LogP contribution in [0.2, 0.25) is 12.6 Å². The standard InChI is InChI=1S/C16H33NO6Si/c1-6-20-15(18)13-17(14-16(19)21-7-2)11-10-12-24(5,22-8-3)23-9-4/h6-14H2,1-5H3. The molecule has 0 unspecified atom stereocenters. The third-order valence-electron chi connectivity index (χ3n) is 3.32. The molecule has 0 amide bonds. The molecule has 0 aromatic carbocycles. The van der Waals surface area contributed by atoms with Crippen LogP contribution in [0.1, 0.15) is 34.1 Å². The quantitative estimate of drug-likeness (QED) is 0.345. The highest BCUT2D eigenvalue weighted by molar-refractivity contribution is 6.66. The maximum atomic E-state index is 11.7. The maximum absolute atomic E-state index is 11.7. The summed E-state index contributed by atoms with van der Waals surface area (Å²) in [5.74, 6) is -0.673. The Balaban J connectivity index is 4.56. The van der Waals surface area contributed by atoms with E-state index in [1.165, 1.54) is 0 Å². The van der Waals surface area contributed by atoms with E-state index in [0.29, 0.717) is 33.0 Å². The van der Waals surface area contributed by atoms with Crippen molar-refractivity contribution in [1.29, 1.82) is 0 Å². The molecule has 0 N–H and O–H groups in total. The van der Waals surface area contributed by atoms with Crippen LogP contribution in [0, 0.1) is 0 Å². The van der Waals surface area contributed by atoms with E-state index in [4.69, 9.17) is 18.3 Å². The van der Waals surface area contributed by atoms with Crippen LogP contribution in [0.15, 0.2) is 0 Å². The zero-order valence-corrected chi connectivity index (χ0v) is 16.8. The highest BCUT2D eigenvalue weighted by Gasteiger charge is 2.30. The Labute approximate surface area is 146 Å². The molecule has 0 aliphatic rings. The van der Waals surface area contributed by atoms with Gasteiger partial charge in [0.15, 0.2) is 0 Å². The number of carbonyl (C=O) groups is 2. The van der Waals surface area contributed by atoms with Gasteiger partial charge in [0, 0.05) is 13.2 Å². The van der Waals surface area contributed by atoms with E-state index in [0.717, 1.165) is 12.5 Å². The number of esters is 2. The topological polar surface area (TPSA) is 74.3 Å². The Hall–Kier alpha value is -0.963. The fraction of sp³-hybridized carbons (Fsp3) is 0.875. The molecular weight excluding hydrogens is 330 g/mol. The molecule has 0 aromatic heterocycles. The number of ether oxygens (including phenoxy) is 2. The SMILES string of the molecule is CCOC(=O)CN(CCC[Si](C)(OCC)OCC)CC(=O)OCC. The third-order valence-corrected chi connectivity index (χ3v) is 6.38. The van der Waals surface area contributed by atoms with Crippen molar-refractivity contribution in [3.63, 3.8) is 0 Å². The second-order valence-corrected chi connectivity index (χ2v) is 8.77. The summed E-state index contributed by atoms with van der Waals surface area (Å²) in [5, 5.41) is 0. The molecule has 7 nitrogen and oxygen atoms in total. The lowest BCUT2D eigenvalue weighted by molar-refractivity contribution is -0.148. The zero-order chi connectivity index (χ0) is 18.4. The average Bonchev–Trinajstić information content (AvgIpc) is 2.47. The molecule has 0 spiro atoms. The lowest BCUT2D eigenvalue weighted by Gasteiger charge is -2.27. The second-order valence-electron chi connectivity index (χ2n) is 5.42. The smallest absolute Gasteiger partial charge is 0.334 e. The number of nitrogens with zero attached hydrogens (tertiary/aromatic N) is 1. The number of hydrogen-bond acceptors (Lipinski definition) is 7. The predicted molar refractivity (Wildman–Crippen MR) is 94.0 cm³/mol. The molecular formula is C16H33NO6Si.